The van der Waals surface area contributed by atoms with Gasteiger partial charge >= 0.3 is 0 Å². The number of aromatic nitrogens is 2. The molecule has 1 N–H and O–H groups in total. The Morgan fingerprint density at radius 1 is 1.10 bits per heavy atom. The lowest BCUT2D eigenvalue weighted by Gasteiger charge is -2.05. The lowest BCUT2D eigenvalue weighted by atomic mass is 10.3. The van der Waals surface area contributed by atoms with Gasteiger partial charge in [0.1, 0.15) is 11.5 Å². The normalized spacial score (nSPS) is 10.9. The molecule has 2 heterocycles. The third-order valence-electron chi connectivity index (χ3n) is 2.85. The third kappa shape index (κ3) is 2.71. The molecule has 3 nitrogen and oxygen atoms in total. The second-order valence-electron chi connectivity index (χ2n) is 4.32. The number of imidazole rings is 1. The zero-order valence-electron chi connectivity index (χ0n) is 10.3. The molecular formula is C14H10Cl2FN3. The predicted molar refractivity (Wildman–Crippen MR) is 78.9 cm³/mol. The molecule has 0 amide bonds. The number of hydrogen-bond donors (Lipinski definition) is 1. The van der Waals surface area contributed by atoms with Crippen LogP contribution in [0.5, 0.6) is 0 Å². The molecule has 0 saturated heterocycles. The first kappa shape index (κ1) is 13.2. The van der Waals surface area contributed by atoms with Crippen molar-refractivity contribution in [3.63, 3.8) is 0 Å². The summed E-state index contributed by atoms with van der Waals surface area (Å²) in [5.41, 5.74) is 1.93. The highest BCUT2D eigenvalue weighted by Gasteiger charge is 2.05. The molecule has 6 heteroatoms. The molecular weight excluding hydrogens is 300 g/mol. The number of nitrogens with zero attached hydrogens (tertiary/aromatic N) is 2. The van der Waals surface area contributed by atoms with Crippen molar-refractivity contribution >= 4 is 34.5 Å². The van der Waals surface area contributed by atoms with Gasteiger partial charge in [0, 0.05) is 17.4 Å². The standard InChI is InChI=1S/C14H10Cl2FN3/c15-9-1-3-12(17)13(5-9)18-6-11-8-20-7-10(16)2-4-14(20)19-11/h1-5,7-8,18H,6H2. The fraction of sp³-hybridized carbons (Fsp3) is 0.0714. The van der Waals surface area contributed by atoms with E-state index in [1.165, 1.54) is 12.1 Å². The highest BCUT2D eigenvalue weighted by Crippen LogP contribution is 2.20. The third-order valence-corrected chi connectivity index (χ3v) is 3.31. The largest absolute Gasteiger partial charge is 0.377 e. The van der Waals surface area contributed by atoms with Crippen LogP contribution in [-0.4, -0.2) is 9.38 Å². The number of benzene rings is 1. The van der Waals surface area contributed by atoms with E-state index < -0.39 is 0 Å². The molecule has 0 unspecified atom stereocenters. The van der Waals surface area contributed by atoms with Gasteiger partial charge in [-0.3, -0.25) is 0 Å². The second kappa shape index (κ2) is 5.31. The van der Waals surface area contributed by atoms with Gasteiger partial charge in [0.05, 0.1) is 22.9 Å². The first-order valence-electron chi connectivity index (χ1n) is 5.94. The van der Waals surface area contributed by atoms with Crippen LogP contribution in [-0.2, 0) is 6.54 Å². The monoisotopic (exact) mass is 309 g/mol. The number of fused-ring (bicyclic) bond motifs is 1. The van der Waals surface area contributed by atoms with E-state index in [1.54, 1.807) is 18.3 Å². The molecule has 20 heavy (non-hydrogen) atoms. The maximum absolute atomic E-state index is 13.6. The van der Waals surface area contributed by atoms with E-state index in [-0.39, 0.29) is 5.82 Å². The van der Waals surface area contributed by atoms with Gasteiger partial charge in [0.25, 0.3) is 0 Å². The number of anilines is 1. The van der Waals surface area contributed by atoms with Crippen molar-refractivity contribution in [2.24, 2.45) is 0 Å². The van der Waals surface area contributed by atoms with Crippen molar-refractivity contribution in [1.82, 2.24) is 9.38 Å². The van der Waals surface area contributed by atoms with E-state index in [9.17, 15) is 4.39 Å². The van der Waals surface area contributed by atoms with Crippen molar-refractivity contribution in [2.45, 2.75) is 6.54 Å². The molecule has 0 fully saturated rings. The zero-order chi connectivity index (χ0) is 14.1. The van der Waals surface area contributed by atoms with Gasteiger partial charge < -0.3 is 9.72 Å². The Bertz CT molecular complexity index is 770. The van der Waals surface area contributed by atoms with Crippen molar-refractivity contribution in [2.75, 3.05) is 5.32 Å². The lowest BCUT2D eigenvalue weighted by molar-refractivity contribution is 0.630. The molecule has 0 spiro atoms. The molecule has 102 valence electrons. The predicted octanol–water partition coefficient (Wildman–Crippen LogP) is 4.39. The summed E-state index contributed by atoms with van der Waals surface area (Å²) in [7, 11) is 0. The summed E-state index contributed by atoms with van der Waals surface area (Å²) in [6.07, 6.45) is 3.62. The maximum atomic E-state index is 13.6. The number of halogens is 3. The van der Waals surface area contributed by atoms with E-state index in [0.29, 0.717) is 22.3 Å². The molecule has 3 aromatic rings. The Hall–Kier alpha value is -1.78. The zero-order valence-corrected chi connectivity index (χ0v) is 11.8. The van der Waals surface area contributed by atoms with E-state index in [4.69, 9.17) is 23.2 Å². The topological polar surface area (TPSA) is 29.3 Å². The van der Waals surface area contributed by atoms with Crippen molar-refractivity contribution in [3.8, 4) is 0 Å². The van der Waals surface area contributed by atoms with E-state index >= 15 is 0 Å². The molecule has 0 saturated carbocycles. The maximum Gasteiger partial charge on any atom is 0.146 e. The van der Waals surface area contributed by atoms with E-state index in [1.807, 2.05) is 16.7 Å². The quantitative estimate of drug-likeness (QED) is 0.777. The molecule has 0 aliphatic heterocycles. The van der Waals surface area contributed by atoms with Crippen LogP contribution < -0.4 is 5.32 Å². The molecule has 0 aliphatic rings. The summed E-state index contributed by atoms with van der Waals surface area (Å²) in [5.74, 6) is -0.346. The van der Waals surface area contributed by atoms with Crippen LogP contribution in [0.25, 0.3) is 5.65 Å². The molecule has 3 rings (SSSR count). The summed E-state index contributed by atoms with van der Waals surface area (Å²) >= 11 is 11.7. The molecule has 0 atom stereocenters. The fourth-order valence-corrected chi connectivity index (χ4v) is 2.26. The summed E-state index contributed by atoms with van der Waals surface area (Å²) in [6.45, 7) is 0.399. The van der Waals surface area contributed by atoms with Crippen LogP contribution in [0, 0.1) is 5.82 Å². The second-order valence-corrected chi connectivity index (χ2v) is 5.20. The van der Waals surface area contributed by atoms with Crippen molar-refractivity contribution < 1.29 is 4.39 Å². The first-order valence-corrected chi connectivity index (χ1v) is 6.69. The summed E-state index contributed by atoms with van der Waals surface area (Å²) in [4.78, 5) is 4.41. The minimum absolute atomic E-state index is 0.346. The highest BCUT2D eigenvalue weighted by molar-refractivity contribution is 6.31. The number of pyridine rings is 1. The van der Waals surface area contributed by atoms with E-state index in [0.717, 1.165) is 11.3 Å². The van der Waals surface area contributed by atoms with E-state index in [2.05, 4.69) is 10.3 Å². The summed E-state index contributed by atoms with van der Waals surface area (Å²) in [6, 6.07) is 7.98. The van der Waals surface area contributed by atoms with Gasteiger partial charge in [-0.05, 0) is 30.3 Å². The Morgan fingerprint density at radius 3 is 2.75 bits per heavy atom. The first-order chi connectivity index (χ1) is 9.61. The van der Waals surface area contributed by atoms with Gasteiger partial charge in [0.2, 0.25) is 0 Å². The Morgan fingerprint density at radius 2 is 1.90 bits per heavy atom. The Balaban J connectivity index is 1.81. The molecule has 1 aromatic carbocycles. The molecule has 0 bridgehead atoms. The van der Waals surface area contributed by atoms with Crippen LogP contribution in [0.3, 0.4) is 0 Å². The number of hydrogen-bond acceptors (Lipinski definition) is 2. The van der Waals surface area contributed by atoms with Crippen LogP contribution in [0.15, 0.2) is 42.7 Å². The van der Waals surface area contributed by atoms with Gasteiger partial charge in [-0.2, -0.15) is 0 Å². The molecule has 2 aromatic heterocycles. The Labute approximate surface area is 125 Å². The molecule has 0 radical (unpaired) electrons. The van der Waals surface area contributed by atoms with Crippen LogP contribution in [0.4, 0.5) is 10.1 Å². The number of nitrogens with one attached hydrogen (secondary N) is 1. The van der Waals surface area contributed by atoms with Gasteiger partial charge in [-0.25, -0.2) is 9.37 Å². The average molecular weight is 310 g/mol. The van der Waals surface area contributed by atoms with Crippen LogP contribution in [0.1, 0.15) is 5.69 Å². The van der Waals surface area contributed by atoms with Gasteiger partial charge in [-0.15, -0.1) is 0 Å². The summed E-state index contributed by atoms with van der Waals surface area (Å²) < 4.78 is 15.4. The van der Waals surface area contributed by atoms with Crippen LogP contribution in [0.2, 0.25) is 10.0 Å². The average Bonchev–Trinajstić information content (AvgIpc) is 2.81. The fourth-order valence-electron chi connectivity index (χ4n) is 1.92. The Kier molecular flexibility index (Phi) is 3.51. The van der Waals surface area contributed by atoms with Crippen LogP contribution >= 0.6 is 23.2 Å². The molecule has 0 aliphatic carbocycles. The SMILES string of the molecule is Fc1ccc(Cl)cc1NCc1cn2cc(Cl)ccc2n1. The minimum Gasteiger partial charge on any atom is -0.377 e. The smallest absolute Gasteiger partial charge is 0.146 e. The van der Waals surface area contributed by atoms with Crippen molar-refractivity contribution in [3.05, 3.63) is 64.3 Å². The number of rotatable bonds is 3. The van der Waals surface area contributed by atoms with Gasteiger partial charge in [-0.1, -0.05) is 23.2 Å². The van der Waals surface area contributed by atoms with Gasteiger partial charge in [0.15, 0.2) is 0 Å². The highest BCUT2D eigenvalue weighted by atomic mass is 35.5. The lowest BCUT2D eigenvalue weighted by Crippen LogP contribution is -2.01. The van der Waals surface area contributed by atoms with Crippen molar-refractivity contribution in [1.29, 1.82) is 0 Å². The summed E-state index contributed by atoms with van der Waals surface area (Å²) in [5, 5.41) is 4.09. The minimum atomic E-state index is -0.346.